The Labute approximate surface area is 134 Å². The maximum Gasteiger partial charge on any atom is 0.336 e. The van der Waals surface area contributed by atoms with E-state index in [0.717, 1.165) is 6.07 Å². The van der Waals surface area contributed by atoms with Crippen molar-refractivity contribution in [3.8, 4) is 5.75 Å². The van der Waals surface area contributed by atoms with Crippen LogP contribution in [-0.4, -0.2) is 24.0 Å². The molecule has 0 unspecified atom stereocenters. The highest BCUT2D eigenvalue weighted by Gasteiger charge is 2.25. The molecule has 1 N–H and O–H groups in total. The van der Waals surface area contributed by atoms with Crippen LogP contribution in [0.25, 0.3) is 0 Å². The zero-order chi connectivity index (χ0) is 16.4. The second-order valence-electron chi connectivity index (χ2n) is 4.65. The summed E-state index contributed by atoms with van der Waals surface area (Å²) in [5.74, 6) is -2.73. The fraction of sp³-hybridized carbons (Fsp3) is 0.125. The van der Waals surface area contributed by atoms with Gasteiger partial charge in [0.25, 0.3) is 0 Å². The summed E-state index contributed by atoms with van der Waals surface area (Å²) in [4.78, 5) is 23.9. The van der Waals surface area contributed by atoms with E-state index in [-0.39, 0.29) is 16.9 Å². The third-order valence-electron chi connectivity index (χ3n) is 3.10. The van der Waals surface area contributed by atoms with Crippen LogP contribution in [0.3, 0.4) is 0 Å². The summed E-state index contributed by atoms with van der Waals surface area (Å²) in [7, 11) is 1.38. The molecule has 2 rings (SSSR count). The SMILES string of the molecule is COc1cc(Br)ccc1C(=O)c1c(F)cc(C)cc1C(=O)O. The Hall–Kier alpha value is -2.21. The van der Waals surface area contributed by atoms with Crippen LogP contribution in [0.4, 0.5) is 4.39 Å². The van der Waals surface area contributed by atoms with Crippen molar-refractivity contribution in [1.29, 1.82) is 0 Å². The highest BCUT2D eigenvalue weighted by atomic mass is 79.9. The number of methoxy groups -OCH3 is 1. The molecule has 0 heterocycles. The molecule has 0 bridgehead atoms. The van der Waals surface area contributed by atoms with Gasteiger partial charge in [0, 0.05) is 4.47 Å². The Morgan fingerprint density at radius 3 is 2.45 bits per heavy atom. The predicted molar refractivity (Wildman–Crippen MR) is 82.2 cm³/mol. The molecule has 0 aliphatic heterocycles. The number of rotatable bonds is 4. The molecule has 0 aliphatic rings. The van der Waals surface area contributed by atoms with E-state index in [0.29, 0.717) is 10.0 Å². The third-order valence-corrected chi connectivity index (χ3v) is 3.59. The molecule has 0 spiro atoms. The van der Waals surface area contributed by atoms with Crippen molar-refractivity contribution < 1.29 is 23.8 Å². The molecular formula is C16H12BrFO4. The standard InChI is InChI=1S/C16H12BrFO4/c1-8-5-11(16(20)21)14(12(18)6-8)15(19)10-4-3-9(17)7-13(10)22-2/h3-7H,1-2H3,(H,20,21). The van der Waals surface area contributed by atoms with Gasteiger partial charge in [0.05, 0.1) is 23.8 Å². The van der Waals surface area contributed by atoms with Gasteiger partial charge in [0.2, 0.25) is 5.78 Å². The normalized spacial score (nSPS) is 10.4. The maximum atomic E-state index is 14.2. The molecule has 6 heteroatoms. The lowest BCUT2D eigenvalue weighted by molar-refractivity contribution is 0.0691. The quantitative estimate of drug-likeness (QED) is 0.835. The molecule has 114 valence electrons. The van der Waals surface area contributed by atoms with E-state index in [1.807, 2.05) is 0 Å². The van der Waals surface area contributed by atoms with Crippen molar-refractivity contribution in [2.75, 3.05) is 7.11 Å². The number of carboxylic acid groups (broad SMARTS) is 1. The molecule has 2 aromatic carbocycles. The molecule has 0 saturated carbocycles. The highest BCUT2D eigenvalue weighted by Crippen LogP contribution is 2.28. The molecule has 0 aliphatic carbocycles. The van der Waals surface area contributed by atoms with Gasteiger partial charge in [0.15, 0.2) is 0 Å². The number of halogens is 2. The van der Waals surface area contributed by atoms with Crippen LogP contribution in [-0.2, 0) is 0 Å². The number of hydrogen-bond donors (Lipinski definition) is 1. The van der Waals surface area contributed by atoms with Crippen molar-refractivity contribution in [3.63, 3.8) is 0 Å². The van der Waals surface area contributed by atoms with Gasteiger partial charge in [-0.05, 0) is 42.8 Å². The van der Waals surface area contributed by atoms with Gasteiger partial charge >= 0.3 is 5.97 Å². The first kappa shape index (κ1) is 16.2. The zero-order valence-corrected chi connectivity index (χ0v) is 13.4. The lowest BCUT2D eigenvalue weighted by Gasteiger charge is -2.11. The second kappa shape index (κ2) is 6.27. The number of hydrogen-bond acceptors (Lipinski definition) is 3. The van der Waals surface area contributed by atoms with Crippen molar-refractivity contribution >= 4 is 27.7 Å². The molecule has 4 nitrogen and oxygen atoms in total. The summed E-state index contributed by atoms with van der Waals surface area (Å²) < 4.78 is 20.0. The van der Waals surface area contributed by atoms with E-state index in [4.69, 9.17) is 4.74 Å². The first-order valence-electron chi connectivity index (χ1n) is 6.26. The topological polar surface area (TPSA) is 63.6 Å². The van der Waals surface area contributed by atoms with Gasteiger partial charge in [-0.1, -0.05) is 15.9 Å². The number of aryl methyl sites for hydroxylation is 1. The first-order valence-corrected chi connectivity index (χ1v) is 7.06. The lowest BCUT2D eigenvalue weighted by atomic mass is 9.95. The summed E-state index contributed by atoms with van der Waals surface area (Å²) in [6.07, 6.45) is 0. The van der Waals surface area contributed by atoms with Gasteiger partial charge < -0.3 is 9.84 Å². The molecule has 0 radical (unpaired) electrons. The Morgan fingerprint density at radius 2 is 1.86 bits per heavy atom. The van der Waals surface area contributed by atoms with Crippen molar-refractivity contribution in [1.82, 2.24) is 0 Å². The fourth-order valence-electron chi connectivity index (χ4n) is 2.13. The molecule has 22 heavy (non-hydrogen) atoms. The monoisotopic (exact) mass is 366 g/mol. The number of carbonyl (C=O) groups excluding carboxylic acids is 1. The molecule has 0 saturated heterocycles. The molecule has 2 aromatic rings. The summed E-state index contributed by atoms with van der Waals surface area (Å²) in [5, 5.41) is 9.22. The summed E-state index contributed by atoms with van der Waals surface area (Å²) in [5.41, 5.74) is -0.323. The van der Waals surface area contributed by atoms with Gasteiger partial charge in [-0.3, -0.25) is 4.79 Å². The van der Waals surface area contributed by atoms with Crippen molar-refractivity contribution in [2.24, 2.45) is 0 Å². The zero-order valence-electron chi connectivity index (χ0n) is 11.8. The van der Waals surface area contributed by atoms with Crippen LogP contribution in [0, 0.1) is 12.7 Å². The number of ether oxygens (including phenoxy) is 1. The minimum Gasteiger partial charge on any atom is -0.496 e. The van der Waals surface area contributed by atoms with E-state index in [1.54, 1.807) is 19.1 Å². The molecule has 0 amide bonds. The number of carboxylic acids is 1. The fourth-order valence-corrected chi connectivity index (χ4v) is 2.47. The van der Waals surface area contributed by atoms with Crippen LogP contribution in [0.2, 0.25) is 0 Å². The smallest absolute Gasteiger partial charge is 0.336 e. The summed E-state index contributed by atoms with van der Waals surface area (Å²) in [6.45, 7) is 1.56. The number of benzene rings is 2. The van der Waals surface area contributed by atoms with Crippen molar-refractivity contribution in [3.05, 3.63) is 62.9 Å². The van der Waals surface area contributed by atoms with Gasteiger partial charge in [0.1, 0.15) is 11.6 Å². The van der Waals surface area contributed by atoms with E-state index in [9.17, 15) is 19.1 Å². The van der Waals surface area contributed by atoms with Gasteiger partial charge in [-0.2, -0.15) is 0 Å². The van der Waals surface area contributed by atoms with E-state index in [2.05, 4.69) is 15.9 Å². The van der Waals surface area contributed by atoms with Crippen LogP contribution < -0.4 is 4.74 Å². The largest absolute Gasteiger partial charge is 0.496 e. The number of aromatic carboxylic acids is 1. The maximum absolute atomic E-state index is 14.2. The number of ketones is 1. The summed E-state index contributed by atoms with van der Waals surface area (Å²) in [6, 6.07) is 7.01. The van der Waals surface area contributed by atoms with Crippen LogP contribution in [0.15, 0.2) is 34.8 Å². The lowest BCUT2D eigenvalue weighted by Crippen LogP contribution is -2.13. The van der Waals surface area contributed by atoms with Crippen LogP contribution >= 0.6 is 15.9 Å². The van der Waals surface area contributed by atoms with Gasteiger partial charge in [-0.15, -0.1) is 0 Å². The Bertz CT molecular complexity index is 771. The predicted octanol–water partition coefficient (Wildman–Crippen LogP) is 3.83. The minimum atomic E-state index is -1.36. The average Bonchev–Trinajstić information content (AvgIpc) is 2.45. The second-order valence-corrected chi connectivity index (χ2v) is 5.56. The number of carbonyl (C=O) groups is 2. The van der Waals surface area contributed by atoms with Crippen LogP contribution in [0.1, 0.15) is 31.8 Å². The Kier molecular flexibility index (Phi) is 4.61. The highest BCUT2D eigenvalue weighted by molar-refractivity contribution is 9.10. The molecule has 0 fully saturated rings. The van der Waals surface area contributed by atoms with Gasteiger partial charge in [-0.25, -0.2) is 9.18 Å². The molecular weight excluding hydrogens is 355 g/mol. The van der Waals surface area contributed by atoms with E-state index < -0.39 is 23.1 Å². The third kappa shape index (κ3) is 3.01. The minimum absolute atomic E-state index is 0.0935. The van der Waals surface area contributed by atoms with Crippen molar-refractivity contribution in [2.45, 2.75) is 6.92 Å². The first-order chi connectivity index (χ1) is 10.3. The average molecular weight is 367 g/mol. The Balaban J connectivity index is 2.67. The summed E-state index contributed by atoms with van der Waals surface area (Å²) >= 11 is 3.24. The molecule has 0 atom stereocenters. The molecule has 0 aromatic heterocycles. The van der Waals surface area contributed by atoms with E-state index in [1.165, 1.54) is 19.2 Å². The van der Waals surface area contributed by atoms with E-state index >= 15 is 0 Å². The Morgan fingerprint density at radius 1 is 1.18 bits per heavy atom. The van der Waals surface area contributed by atoms with Crippen LogP contribution in [0.5, 0.6) is 5.75 Å².